The lowest BCUT2D eigenvalue weighted by molar-refractivity contribution is 0.668. The van der Waals surface area contributed by atoms with Gasteiger partial charge in [-0.25, -0.2) is 15.0 Å². The molecule has 0 N–H and O–H groups in total. The highest BCUT2D eigenvalue weighted by Crippen LogP contribution is 2.40. The van der Waals surface area contributed by atoms with E-state index >= 15 is 0 Å². The molecule has 4 aromatic heterocycles. The first-order valence-corrected chi connectivity index (χ1v) is 16.4. The Morgan fingerprint density at radius 1 is 0.400 bits per heavy atom. The highest BCUT2D eigenvalue weighted by molar-refractivity contribution is 6.17. The molecule has 0 fully saturated rings. The molecule has 0 spiro atoms. The summed E-state index contributed by atoms with van der Waals surface area (Å²) < 4.78 is 8.81. The van der Waals surface area contributed by atoms with Crippen LogP contribution in [0.3, 0.4) is 0 Å². The molecule has 0 aliphatic rings. The summed E-state index contributed by atoms with van der Waals surface area (Å²) in [6, 6.07) is 52.9. The molecule has 7 nitrogen and oxygen atoms in total. The average Bonchev–Trinajstić information content (AvgIpc) is 3.72. The Labute approximate surface area is 286 Å². The van der Waals surface area contributed by atoms with Gasteiger partial charge in [0.2, 0.25) is 5.95 Å². The molecule has 4 heterocycles. The Bertz CT molecular complexity index is 2790. The molecule has 6 aromatic carbocycles. The Kier molecular flexibility index (Phi) is 6.35. The number of hydrogen-bond donors (Lipinski definition) is 0. The van der Waals surface area contributed by atoms with Crippen LogP contribution in [0.4, 0.5) is 0 Å². The summed E-state index contributed by atoms with van der Waals surface area (Å²) in [5, 5.41) is 2.97. The van der Waals surface area contributed by atoms with Gasteiger partial charge in [-0.1, -0.05) is 140 Å². The molecule has 50 heavy (non-hydrogen) atoms. The van der Waals surface area contributed by atoms with Crippen LogP contribution in [-0.2, 0) is 0 Å². The van der Waals surface area contributed by atoms with Gasteiger partial charge in [-0.2, -0.15) is 9.97 Å². The first kappa shape index (κ1) is 28.1. The lowest BCUT2D eigenvalue weighted by atomic mass is 10.1. The standard InChI is InChI=1S/C43H26N6O/c1-5-15-27(16-6-1)37-39-38(45-40(44-37)28-17-7-2-8-18-28)33-25-35-32(26-36(33)50-39)31-23-13-14-24-34(31)49(35)43-47-41(29-19-9-3-10-20-29)46-42(48-43)30-21-11-4-12-22-30/h1-26H. The zero-order valence-corrected chi connectivity index (χ0v) is 26.6. The minimum absolute atomic E-state index is 0.528. The van der Waals surface area contributed by atoms with E-state index in [4.69, 9.17) is 29.3 Å². The van der Waals surface area contributed by atoms with Crippen molar-refractivity contribution in [2.45, 2.75) is 0 Å². The SMILES string of the molecule is c1ccc(-c2nc(-c3ccccc3)nc(-n3c4ccccc4c4cc5oc6c(-c7ccccc7)nc(-c7ccccc7)nc6c5cc43)n2)cc1. The molecule has 0 amide bonds. The van der Waals surface area contributed by atoms with Gasteiger partial charge >= 0.3 is 0 Å². The van der Waals surface area contributed by atoms with E-state index in [2.05, 4.69) is 47.0 Å². The molecule has 7 heteroatoms. The Hall–Kier alpha value is -6.99. The molecule has 0 unspecified atom stereocenters. The fourth-order valence-corrected chi connectivity index (χ4v) is 6.73. The number of fused-ring (bicyclic) bond motifs is 6. The molecule has 0 bridgehead atoms. The second-order valence-electron chi connectivity index (χ2n) is 12.1. The number of hydrogen-bond acceptors (Lipinski definition) is 6. The van der Waals surface area contributed by atoms with Gasteiger partial charge in [0.15, 0.2) is 23.1 Å². The first-order chi connectivity index (χ1) is 24.8. The fraction of sp³-hybridized carbons (Fsp3) is 0. The van der Waals surface area contributed by atoms with Gasteiger partial charge in [0.05, 0.1) is 11.0 Å². The average molecular weight is 643 g/mol. The zero-order chi connectivity index (χ0) is 33.0. The maximum absolute atomic E-state index is 6.68. The monoisotopic (exact) mass is 642 g/mol. The normalized spacial score (nSPS) is 11.6. The zero-order valence-electron chi connectivity index (χ0n) is 26.6. The van der Waals surface area contributed by atoms with Crippen LogP contribution >= 0.6 is 0 Å². The molecular weight excluding hydrogens is 617 g/mol. The fourth-order valence-electron chi connectivity index (χ4n) is 6.73. The Morgan fingerprint density at radius 3 is 1.52 bits per heavy atom. The van der Waals surface area contributed by atoms with Crippen molar-refractivity contribution < 1.29 is 4.42 Å². The van der Waals surface area contributed by atoms with Crippen molar-refractivity contribution in [3.63, 3.8) is 0 Å². The lowest BCUT2D eigenvalue weighted by Gasteiger charge is -2.11. The van der Waals surface area contributed by atoms with E-state index < -0.39 is 0 Å². The lowest BCUT2D eigenvalue weighted by Crippen LogP contribution is -2.06. The number of rotatable bonds is 5. The third-order valence-corrected chi connectivity index (χ3v) is 9.07. The van der Waals surface area contributed by atoms with Gasteiger partial charge in [0.1, 0.15) is 16.8 Å². The molecule has 10 aromatic rings. The topological polar surface area (TPSA) is 82.5 Å². The summed E-state index contributed by atoms with van der Waals surface area (Å²) in [5.74, 6) is 2.37. The second-order valence-corrected chi connectivity index (χ2v) is 12.1. The molecular formula is C43H26N6O. The van der Waals surface area contributed by atoms with Crippen molar-refractivity contribution in [2.75, 3.05) is 0 Å². The molecule has 0 aliphatic carbocycles. The second kappa shape index (κ2) is 11.3. The van der Waals surface area contributed by atoms with Crippen LogP contribution in [0.25, 0.3) is 95.2 Å². The highest BCUT2D eigenvalue weighted by atomic mass is 16.3. The summed E-state index contributed by atoms with van der Waals surface area (Å²) in [5.41, 5.74) is 8.51. The highest BCUT2D eigenvalue weighted by Gasteiger charge is 2.22. The third-order valence-electron chi connectivity index (χ3n) is 9.07. The molecule has 0 saturated carbocycles. The van der Waals surface area contributed by atoms with Crippen molar-refractivity contribution >= 4 is 43.9 Å². The van der Waals surface area contributed by atoms with Crippen molar-refractivity contribution in [1.29, 1.82) is 0 Å². The largest absolute Gasteiger partial charge is 0.452 e. The summed E-state index contributed by atoms with van der Waals surface area (Å²) in [6.45, 7) is 0. The number of aromatic nitrogens is 6. The van der Waals surface area contributed by atoms with Gasteiger partial charge in [-0.15, -0.1) is 0 Å². The van der Waals surface area contributed by atoms with Crippen LogP contribution in [0.5, 0.6) is 0 Å². The number of benzene rings is 6. The third kappa shape index (κ3) is 4.56. The molecule has 0 atom stereocenters. The number of para-hydroxylation sites is 1. The van der Waals surface area contributed by atoms with E-state index in [1.807, 2.05) is 115 Å². The summed E-state index contributed by atoms with van der Waals surface area (Å²) >= 11 is 0. The van der Waals surface area contributed by atoms with Crippen molar-refractivity contribution in [3.05, 3.63) is 158 Å². The predicted molar refractivity (Wildman–Crippen MR) is 199 cm³/mol. The van der Waals surface area contributed by atoms with Gasteiger partial charge in [-0.3, -0.25) is 4.57 Å². The van der Waals surface area contributed by atoms with Gasteiger partial charge in [0, 0.05) is 38.4 Å². The van der Waals surface area contributed by atoms with Crippen LogP contribution in [-0.4, -0.2) is 29.5 Å². The summed E-state index contributed by atoms with van der Waals surface area (Å²) in [7, 11) is 0. The van der Waals surface area contributed by atoms with E-state index in [1.165, 1.54) is 0 Å². The van der Waals surface area contributed by atoms with E-state index in [1.54, 1.807) is 0 Å². The van der Waals surface area contributed by atoms with Crippen molar-refractivity contribution in [3.8, 4) is 51.4 Å². The quantitative estimate of drug-likeness (QED) is 0.186. The molecule has 234 valence electrons. The maximum Gasteiger partial charge on any atom is 0.238 e. The summed E-state index contributed by atoms with van der Waals surface area (Å²) in [4.78, 5) is 25.3. The van der Waals surface area contributed by atoms with Crippen LogP contribution in [0, 0.1) is 0 Å². The minimum atomic E-state index is 0.528. The van der Waals surface area contributed by atoms with Crippen LogP contribution in [0.15, 0.2) is 162 Å². The van der Waals surface area contributed by atoms with Crippen molar-refractivity contribution in [2.24, 2.45) is 0 Å². The minimum Gasteiger partial charge on any atom is -0.452 e. The maximum atomic E-state index is 6.68. The summed E-state index contributed by atoms with van der Waals surface area (Å²) in [6.07, 6.45) is 0. The number of nitrogens with zero attached hydrogens (tertiary/aromatic N) is 6. The Balaban J connectivity index is 1.29. The van der Waals surface area contributed by atoms with E-state index in [0.717, 1.165) is 66.2 Å². The smallest absolute Gasteiger partial charge is 0.238 e. The van der Waals surface area contributed by atoms with Crippen LogP contribution in [0.2, 0.25) is 0 Å². The van der Waals surface area contributed by atoms with Crippen LogP contribution in [0.1, 0.15) is 0 Å². The number of furan rings is 1. The molecule has 10 rings (SSSR count). The van der Waals surface area contributed by atoms with Crippen LogP contribution < -0.4 is 0 Å². The van der Waals surface area contributed by atoms with Gasteiger partial charge in [-0.05, 0) is 18.2 Å². The Morgan fingerprint density at radius 2 is 0.920 bits per heavy atom. The van der Waals surface area contributed by atoms with Crippen molar-refractivity contribution in [1.82, 2.24) is 29.5 Å². The van der Waals surface area contributed by atoms with E-state index in [9.17, 15) is 0 Å². The first-order valence-electron chi connectivity index (χ1n) is 16.4. The van der Waals surface area contributed by atoms with E-state index in [0.29, 0.717) is 29.0 Å². The molecule has 0 radical (unpaired) electrons. The predicted octanol–water partition coefficient (Wildman–Crippen LogP) is 10.3. The van der Waals surface area contributed by atoms with Gasteiger partial charge < -0.3 is 4.42 Å². The molecule has 0 aliphatic heterocycles. The molecule has 0 saturated heterocycles. The van der Waals surface area contributed by atoms with E-state index in [-0.39, 0.29) is 0 Å². The van der Waals surface area contributed by atoms with Gasteiger partial charge in [0.25, 0.3) is 0 Å².